The first-order valence-corrected chi connectivity index (χ1v) is 4.79. The molecule has 0 unspecified atom stereocenters. The van der Waals surface area contributed by atoms with Crippen molar-refractivity contribution in [1.82, 2.24) is 5.32 Å². The number of nitrogens with two attached hydrogens (primary N) is 1. The molecule has 3 nitrogen and oxygen atoms in total. The van der Waals surface area contributed by atoms with Crippen LogP contribution in [0.4, 0.5) is 0 Å². The normalized spacial score (nSPS) is 14.7. The molecule has 0 rings (SSSR count). The molecule has 0 saturated heterocycles. The van der Waals surface area contributed by atoms with Crippen LogP contribution in [0, 0.1) is 5.92 Å². The SMILES string of the molecule is C=C[C@H](C)[C@@H](N)C(=O)NCCCC. The van der Waals surface area contributed by atoms with Gasteiger partial charge in [0.1, 0.15) is 0 Å². The molecule has 13 heavy (non-hydrogen) atoms. The van der Waals surface area contributed by atoms with Gasteiger partial charge in [0.2, 0.25) is 5.91 Å². The third-order valence-corrected chi connectivity index (χ3v) is 2.07. The zero-order chi connectivity index (χ0) is 10.3. The van der Waals surface area contributed by atoms with Gasteiger partial charge in [-0.05, 0) is 12.3 Å². The van der Waals surface area contributed by atoms with Crippen molar-refractivity contribution >= 4 is 5.91 Å². The smallest absolute Gasteiger partial charge is 0.237 e. The topological polar surface area (TPSA) is 55.1 Å². The van der Waals surface area contributed by atoms with E-state index in [9.17, 15) is 4.79 Å². The van der Waals surface area contributed by atoms with E-state index in [-0.39, 0.29) is 11.8 Å². The average molecular weight is 184 g/mol. The van der Waals surface area contributed by atoms with Gasteiger partial charge in [0.05, 0.1) is 6.04 Å². The third-order valence-electron chi connectivity index (χ3n) is 2.07. The Morgan fingerprint density at radius 2 is 2.31 bits per heavy atom. The van der Waals surface area contributed by atoms with E-state index in [0.717, 1.165) is 12.8 Å². The Morgan fingerprint density at radius 3 is 2.77 bits per heavy atom. The molecule has 0 aromatic heterocycles. The van der Waals surface area contributed by atoms with Crippen LogP contribution in [-0.2, 0) is 4.79 Å². The number of rotatable bonds is 6. The number of hydrogen-bond donors (Lipinski definition) is 2. The minimum atomic E-state index is -0.464. The monoisotopic (exact) mass is 184 g/mol. The molecule has 1 amide bonds. The highest BCUT2D eigenvalue weighted by Crippen LogP contribution is 2.00. The van der Waals surface area contributed by atoms with Crippen LogP contribution in [0.25, 0.3) is 0 Å². The summed E-state index contributed by atoms with van der Waals surface area (Å²) in [6.45, 7) is 8.28. The summed E-state index contributed by atoms with van der Waals surface area (Å²) in [7, 11) is 0. The molecule has 0 aliphatic heterocycles. The van der Waals surface area contributed by atoms with Gasteiger partial charge in [0.15, 0.2) is 0 Å². The van der Waals surface area contributed by atoms with E-state index in [0.29, 0.717) is 6.54 Å². The molecule has 0 fully saturated rings. The van der Waals surface area contributed by atoms with Gasteiger partial charge in [-0.15, -0.1) is 6.58 Å². The summed E-state index contributed by atoms with van der Waals surface area (Å²) in [5, 5.41) is 2.79. The Morgan fingerprint density at radius 1 is 1.69 bits per heavy atom. The molecule has 0 radical (unpaired) electrons. The number of carbonyl (C=O) groups is 1. The Labute approximate surface area is 80.4 Å². The molecule has 0 aromatic carbocycles. The molecule has 3 heteroatoms. The van der Waals surface area contributed by atoms with Gasteiger partial charge in [-0.3, -0.25) is 4.79 Å². The molecule has 0 aromatic rings. The van der Waals surface area contributed by atoms with Gasteiger partial charge < -0.3 is 11.1 Å². The maximum absolute atomic E-state index is 11.3. The summed E-state index contributed by atoms with van der Waals surface area (Å²) in [5.74, 6) is -0.0533. The van der Waals surface area contributed by atoms with Crippen molar-refractivity contribution < 1.29 is 4.79 Å². The Hall–Kier alpha value is -0.830. The van der Waals surface area contributed by atoms with E-state index in [4.69, 9.17) is 5.73 Å². The van der Waals surface area contributed by atoms with Crippen molar-refractivity contribution in [3.63, 3.8) is 0 Å². The summed E-state index contributed by atoms with van der Waals surface area (Å²) in [6, 6.07) is -0.464. The number of amides is 1. The second-order valence-electron chi connectivity index (χ2n) is 3.27. The molecule has 0 saturated carbocycles. The van der Waals surface area contributed by atoms with Gasteiger partial charge in [-0.1, -0.05) is 26.3 Å². The lowest BCUT2D eigenvalue weighted by Gasteiger charge is -2.15. The summed E-state index contributed by atoms with van der Waals surface area (Å²) in [5.41, 5.74) is 5.67. The molecule has 3 N–H and O–H groups in total. The van der Waals surface area contributed by atoms with Crippen molar-refractivity contribution in [2.45, 2.75) is 32.7 Å². The summed E-state index contributed by atoms with van der Waals surface area (Å²) in [6.07, 6.45) is 3.78. The van der Waals surface area contributed by atoms with Crippen LogP contribution < -0.4 is 11.1 Å². The Bertz CT molecular complexity index is 168. The minimum absolute atomic E-state index is 0.0293. The molecule has 0 aliphatic carbocycles. The predicted octanol–water partition coefficient (Wildman–Crippen LogP) is 1.05. The van der Waals surface area contributed by atoms with E-state index < -0.39 is 6.04 Å². The lowest BCUT2D eigenvalue weighted by Crippen LogP contribution is -2.44. The Kier molecular flexibility index (Phi) is 6.24. The summed E-state index contributed by atoms with van der Waals surface area (Å²) < 4.78 is 0. The van der Waals surface area contributed by atoms with Crippen molar-refractivity contribution in [1.29, 1.82) is 0 Å². The van der Waals surface area contributed by atoms with Crippen LogP contribution in [0.5, 0.6) is 0 Å². The highest BCUT2D eigenvalue weighted by atomic mass is 16.2. The van der Waals surface area contributed by atoms with Gasteiger partial charge in [-0.2, -0.15) is 0 Å². The number of carbonyl (C=O) groups excluding carboxylic acids is 1. The van der Waals surface area contributed by atoms with Gasteiger partial charge in [-0.25, -0.2) is 0 Å². The van der Waals surface area contributed by atoms with Crippen LogP contribution in [0.15, 0.2) is 12.7 Å². The quantitative estimate of drug-likeness (QED) is 0.479. The van der Waals surface area contributed by atoms with Crippen molar-refractivity contribution in [2.75, 3.05) is 6.54 Å². The van der Waals surface area contributed by atoms with E-state index >= 15 is 0 Å². The van der Waals surface area contributed by atoms with E-state index in [1.165, 1.54) is 0 Å². The van der Waals surface area contributed by atoms with Crippen LogP contribution in [0.3, 0.4) is 0 Å². The molecule has 0 spiro atoms. The fourth-order valence-corrected chi connectivity index (χ4v) is 0.892. The van der Waals surface area contributed by atoms with Gasteiger partial charge in [0, 0.05) is 6.54 Å². The first kappa shape index (κ1) is 12.2. The van der Waals surface area contributed by atoms with Crippen LogP contribution in [-0.4, -0.2) is 18.5 Å². The molecular formula is C10H20N2O. The van der Waals surface area contributed by atoms with Crippen molar-refractivity contribution in [3.8, 4) is 0 Å². The number of nitrogens with one attached hydrogen (secondary N) is 1. The standard InChI is InChI=1S/C10H20N2O/c1-4-6-7-12-10(13)9(11)8(3)5-2/h5,8-9H,2,4,6-7,11H2,1,3H3,(H,12,13)/t8-,9+/m0/s1. The second-order valence-corrected chi connectivity index (χ2v) is 3.27. The lowest BCUT2D eigenvalue weighted by molar-refractivity contribution is -0.123. The first-order valence-electron chi connectivity index (χ1n) is 4.79. The first-order chi connectivity index (χ1) is 6.13. The highest BCUT2D eigenvalue weighted by Gasteiger charge is 2.17. The van der Waals surface area contributed by atoms with E-state index in [1.54, 1.807) is 6.08 Å². The van der Waals surface area contributed by atoms with Gasteiger partial charge >= 0.3 is 0 Å². The van der Waals surface area contributed by atoms with Crippen LogP contribution >= 0.6 is 0 Å². The molecule has 0 aliphatic rings. The summed E-state index contributed by atoms with van der Waals surface area (Å²) in [4.78, 5) is 11.3. The van der Waals surface area contributed by atoms with Crippen LogP contribution in [0.1, 0.15) is 26.7 Å². The summed E-state index contributed by atoms with van der Waals surface area (Å²) >= 11 is 0. The number of hydrogen-bond acceptors (Lipinski definition) is 2. The van der Waals surface area contributed by atoms with E-state index in [2.05, 4.69) is 18.8 Å². The molecular weight excluding hydrogens is 164 g/mol. The fourth-order valence-electron chi connectivity index (χ4n) is 0.892. The zero-order valence-corrected chi connectivity index (χ0v) is 8.55. The maximum Gasteiger partial charge on any atom is 0.237 e. The Balaban J connectivity index is 3.75. The predicted molar refractivity (Wildman–Crippen MR) is 55.3 cm³/mol. The largest absolute Gasteiger partial charge is 0.355 e. The highest BCUT2D eigenvalue weighted by molar-refractivity contribution is 5.81. The molecule has 0 heterocycles. The molecule has 2 atom stereocenters. The van der Waals surface area contributed by atoms with Gasteiger partial charge in [0.25, 0.3) is 0 Å². The van der Waals surface area contributed by atoms with Crippen molar-refractivity contribution in [2.24, 2.45) is 11.7 Å². The van der Waals surface area contributed by atoms with Crippen molar-refractivity contribution in [3.05, 3.63) is 12.7 Å². The maximum atomic E-state index is 11.3. The molecule has 0 bridgehead atoms. The second kappa shape index (κ2) is 6.66. The third kappa shape index (κ3) is 4.68. The minimum Gasteiger partial charge on any atom is -0.355 e. The fraction of sp³-hybridized carbons (Fsp3) is 0.700. The number of unbranched alkanes of at least 4 members (excludes halogenated alkanes) is 1. The average Bonchev–Trinajstić information content (AvgIpc) is 2.15. The molecule has 76 valence electrons. The van der Waals surface area contributed by atoms with E-state index in [1.807, 2.05) is 6.92 Å². The van der Waals surface area contributed by atoms with Crippen LogP contribution in [0.2, 0.25) is 0 Å². The zero-order valence-electron chi connectivity index (χ0n) is 8.55. The lowest BCUT2D eigenvalue weighted by atomic mass is 10.0.